The zero-order valence-corrected chi connectivity index (χ0v) is 20.2. The number of aliphatic hydroxyl groups excluding tert-OH is 1. The molecule has 1 amide bonds. The fourth-order valence-electron chi connectivity index (χ4n) is 4.08. The number of ether oxygens (including phenoxy) is 2. The molecule has 1 aliphatic rings. The molecule has 0 unspecified atom stereocenters. The van der Waals surface area contributed by atoms with E-state index in [0.29, 0.717) is 56.2 Å². The number of methoxy groups -OCH3 is 1. The maximum atomic E-state index is 12.4. The topological polar surface area (TPSA) is 116 Å². The number of hydrogen-bond donors (Lipinski definition) is 1. The summed E-state index contributed by atoms with van der Waals surface area (Å²) in [6.45, 7) is 6.87. The first-order chi connectivity index (χ1) is 16.9. The summed E-state index contributed by atoms with van der Waals surface area (Å²) < 4.78 is 12.5. The van der Waals surface area contributed by atoms with Crippen LogP contribution in [-0.4, -0.2) is 83.1 Å². The predicted molar refractivity (Wildman–Crippen MR) is 130 cm³/mol. The number of nitrogens with zero attached hydrogens (tertiary/aromatic N) is 6. The zero-order chi connectivity index (χ0) is 24.9. The Labute approximate surface area is 204 Å². The Bertz CT molecular complexity index is 1210. The minimum atomic E-state index is -0.966. The van der Waals surface area contributed by atoms with Crippen molar-refractivity contribution in [3.63, 3.8) is 0 Å². The number of pyridine rings is 2. The lowest BCUT2D eigenvalue weighted by molar-refractivity contribution is -0.142. The molecule has 1 fully saturated rings. The quantitative estimate of drug-likeness (QED) is 0.489. The minimum Gasteiger partial charge on any atom is -0.490 e. The van der Waals surface area contributed by atoms with Gasteiger partial charge in [0, 0.05) is 50.6 Å². The summed E-state index contributed by atoms with van der Waals surface area (Å²) in [5.41, 5.74) is 2.79. The van der Waals surface area contributed by atoms with Gasteiger partial charge < -0.3 is 24.4 Å². The second-order valence-corrected chi connectivity index (χ2v) is 8.80. The van der Waals surface area contributed by atoms with E-state index in [9.17, 15) is 15.2 Å². The molecule has 35 heavy (non-hydrogen) atoms. The van der Waals surface area contributed by atoms with Crippen LogP contribution in [0.25, 0.3) is 16.6 Å². The van der Waals surface area contributed by atoms with E-state index in [1.807, 2.05) is 32.0 Å². The number of fused-ring (bicyclic) bond motifs is 1. The van der Waals surface area contributed by atoms with E-state index in [2.05, 4.69) is 21.1 Å². The van der Waals surface area contributed by atoms with Gasteiger partial charge >= 0.3 is 0 Å². The Morgan fingerprint density at radius 1 is 1.20 bits per heavy atom. The fourth-order valence-corrected chi connectivity index (χ4v) is 4.08. The van der Waals surface area contributed by atoms with Gasteiger partial charge in [0.2, 0.25) is 0 Å². The van der Waals surface area contributed by atoms with E-state index in [4.69, 9.17) is 9.47 Å². The summed E-state index contributed by atoms with van der Waals surface area (Å²) in [4.78, 5) is 20.9. The third-order valence-electron chi connectivity index (χ3n) is 6.12. The first kappa shape index (κ1) is 24.4. The van der Waals surface area contributed by atoms with Crippen molar-refractivity contribution in [3.8, 4) is 22.9 Å². The fraction of sp³-hybridized carbons (Fsp3) is 0.440. The smallest absolute Gasteiger partial charge is 0.251 e. The summed E-state index contributed by atoms with van der Waals surface area (Å²) in [5.74, 6) is 1.10. The van der Waals surface area contributed by atoms with Crippen LogP contribution in [0.2, 0.25) is 0 Å². The first-order valence-corrected chi connectivity index (χ1v) is 11.6. The van der Waals surface area contributed by atoms with Crippen molar-refractivity contribution >= 4 is 17.2 Å². The highest BCUT2D eigenvalue weighted by Gasteiger charge is 2.28. The molecule has 0 aromatic carbocycles. The van der Waals surface area contributed by atoms with Crippen molar-refractivity contribution < 1.29 is 19.4 Å². The molecule has 0 aliphatic carbocycles. The second kappa shape index (κ2) is 10.7. The molecule has 4 heterocycles. The lowest BCUT2D eigenvalue weighted by atomic mass is 10.0. The molecule has 0 saturated carbocycles. The van der Waals surface area contributed by atoms with Gasteiger partial charge in [-0.25, -0.2) is 9.50 Å². The molecule has 4 rings (SSSR count). The van der Waals surface area contributed by atoms with Gasteiger partial charge in [-0.15, -0.1) is 0 Å². The Balaban J connectivity index is 1.53. The summed E-state index contributed by atoms with van der Waals surface area (Å²) in [5, 5.41) is 24.0. The predicted octanol–water partition coefficient (Wildman–Crippen LogP) is 1.96. The maximum absolute atomic E-state index is 12.4. The number of hydrogen-bond acceptors (Lipinski definition) is 8. The first-order valence-electron chi connectivity index (χ1n) is 11.6. The Morgan fingerprint density at radius 2 is 1.97 bits per heavy atom. The molecule has 10 nitrogen and oxygen atoms in total. The summed E-state index contributed by atoms with van der Waals surface area (Å²) in [7, 11) is 1.62. The summed E-state index contributed by atoms with van der Waals surface area (Å²) in [6.07, 6.45) is 4.09. The number of aliphatic hydroxyl groups is 1. The molecule has 1 saturated heterocycles. The van der Waals surface area contributed by atoms with Crippen LogP contribution in [0, 0.1) is 17.2 Å². The normalized spacial score (nSPS) is 14.9. The van der Waals surface area contributed by atoms with Crippen molar-refractivity contribution in [2.24, 2.45) is 5.92 Å². The van der Waals surface area contributed by atoms with Gasteiger partial charge in [-0.1, -0.05) is 13.8 Å². The van der Waals surface area contributed by atoms with Crippen molar-refractivity contribution in [3.05, 3.63) is 42.4 Å². The number of nitriles is 1. The molecule has 3 aromatic heterocycles. The van der Waals surface area contributed by atoms with Gasteiger partial charge in [-0.05, 0) is 24.1 Å². The average molecular weight is 479 g/mol. The third-order valence-corrected chi connectivity index (χ3v) is 6.12. The summed E-state index contributed by atoms with van der Waals surface area (Å²) in [6, 6.07) is 7.98. The van der Waals surface area contributed by atoms with E-state index in [1.54, 1.807) is 28.9 Å². The average Bonchev–Trinajstić information content (AvgIpc) is 3.31. The highest BCUT2D eigenvalue weighted by atomic mass is 16.5. The van der Waals surface area contributed by atoms with E-state index in [1.165, 1.54) is 6.20 Å². The Morgan fingerprint density at radius 3 is 2.60 bits per heavy atom. The van der Waals surface area contributed by atoms with E-state index >= 15 is 0 Å². The molecule has 3 aromatic rings. The van der Waals surface area contributed by atoms with Crippen LogP contribution in [0.1, 0.15) is 19.4 Å². The van der Waals surface area contributed by atoms with E-state index < -0.39 is 6.10 Å². The molecule has 184 valence electrons. The lowest BCUT2D eigenvalue weighted by Crippen LogP contribution is -2.52. The van der Waals surface area contributed by atoms with Crippen LogP contribution in [0.4, 0.5) is 5.82 Å². The third kappa shape index (κ3) is 5.21. The number of amides is 1. The number of anilines is 1. The number of carbonyl (C=O) groups is 1. The molecular formula is C25H30N6O4. The van der Waals surface area contributed by atoms with Crippen LogP contribution in [0.5, 0.6) is 5.75 Å². The number of piperazine rings is 1. The van der Waals surface area contributed by atoms with Crippen LogP contribution in [-0.2, 0) is 9.53 Å². The number of carbonyl (C=O) groups excluding carboxylic acids is 1. The van der Waals surface area contributed by atoms with Gasteiger partial charge in [-0.3, -0.25) is 4.79 Å². The van der Waals surface area contributed by atoms with Gasteiger partial charge in [0.05, 0.1) is 30.1 Å². The highest BCUT2D eigenvalue weighted by Crippen LogP contribution is 2.31. The molecule has 1 atom stereocenters. The van der Waals surface area contributed by atoms with Crippen molar-refractivity contribution in [2.75, 3.05) is 51.4 Å². The van der Waals surface area contributed by atoms with Gasteiger partial charge in [0.15, 0.2) is 0 Å². The zero-order valence-electron chi connectivity index (χ0n) is 20.2. The van der Waals surface area contributed by atoms with Crippen LogP contribution in [0.3, 0.4) is 0 Å². The minimum absolute atomic E-state index is 0.109. The largest absolute Gasteiger partial charge is 0.490 e. The highest BCUT2D eigenvalue weighted by molar-refractivity contribution is 5.85. The molecule has 1 aliphatic heterocycles. The van der Waals surface area contributed by atoms with Crippen molar-refractivity contribution in [2.45, 2.75) is 20.0 Å². The summed E-state index contributed by atoms with van der Waals surface area (Å²) >= 11 is 0. The van der Waals surface area contributed by atoms with Gasteiger partial charge in [-0.2, -0.15) is 10.4 Å². The van der Waals surface area contributed by atoms with Crippen LogP contribution < -0.4 is 9.64 Å². The molecule has 0 radical (unpaired) electrons. The molecule has 10 heteroatoms. The maximum Gasteiger partial charge on any atom is 0.251 e. The SMILES string of the molecule is COCCOc1cc(-c2ccc(N3CCN(C(=O)[C@H](O)C(C)C)CC3)nc2)c2c(C#N)cnn2c1. The van der Waals surface area contributed by atoms with Gasteiger partial charge in [0.1, 0.15) is 30.3 Å². The van der Waals surface area contributed by atoms with Crippen molar-refractivity contribution in [1.29, 1.82) is 5.26 Å². The number of rotatable bonds is 8. The van der Waals surface area contributed by atoms with E-state index in [-0.39, 0.29) is 11.8 Å². The molecule has 0 spiro atoms. The van der Waals surface area contributed by atoms with Crippen LogP contribution in [0.15, 0.2) is 36.8 Å². The molecule has 0 bridgehead atoms. The van der Waals surface area contributed by atoms with Crippen LogP contribution >= 0.6 is 0 Å². The second-order valence-electron chi connectivity index (χ2n) is 8.80. The standard InChI is InChI=1S/C25H30N6O4/c1-17(2)24(32)25(33)30-8-6-29(7-9-30)22-5-4-18(14-27-22)21-12-20(35-11-10-34-3)16-31-23(21)19(13-26)15-28-31/h4-5,12,14-17,24,32H,6-11H2,1-3H3/t24-/m1/s1. The molecule has 1 N–H and O–H groups in total. The monoisotopic (exact) mass is 478 g/mol. The van der Waals surface area contributed by atoms with E-state index in [0.717, 1.165) is 16.9 Å². The lowest BCUT2D eigenvalue weighted by Gasteiger charge is -2.36. The molecular weight excluding hydrogens is 448 g/mol. The Hall–Kier alpha value is -3.68. The van der Waals surface area contributed by atoms with Gasteiger partial charge in [0.25, 0.3) is 5.91 Å². The Kier molecular flexibility index (Phi) is 7.48. The number of aromatic nitrogens is 3. The van der Waals surface area contributed by atoms with Crippen molar-refractivity contribution in [1.82, 2.24) is 19.5 Å².